The van der Waals surface area contributed by atoms with Crippen LogP contribution in [0.25, 0.3) is 0 Å². The van der Waals surface area contributed by atoms with Gasteiger partial charge in [0, 0.05) is 39.9 Å². The molecular formula is C22H41N3O5S. The highest BCUT2D eigenvalue weighted by molar-refractivity contribution is 7.98. The van der Waals surface area contributed by atoms with E-state index in [9.17, 15) is 19.5 Å². The molecule has 8 nitrogen and oxygen atoms in total. The zero-order valence-corrected chi connectivity index (χ0v) is 21.1. The third kappa shape index (κ3) is 12.5. The summed E-state index contributed by atoms with van der Waals surface area (Å²) in [7, 11) is 4.93. The molecule has 180 valence electrons. The Kier molecular flexibility index (Phi) is 13.3. The molecule has 0 bridgehead atoms. The molecule has 9 heteroatoms. The fraction of sp³-hybridized carbons (Fsp3) is 0.773. The third-order valence-corrected chi connectivity index (χ3v) is 5.48. The molecule has 0 fully saturated rings. The molecule has 0 aromatic heterocycles. The zero-order chi connectivity index (χ0) is 24.2. The second kappa shape index (κ2) is 14.2. The highest BCUT2D eigenvalue weighted by atomic mass is 32.2. The molecule has 0 saturated carbocycles. The molecule has 0 aliphatic rings. The average Bonchev–Trinajstić information content (AvgIpc) is 2.66. The summed E-state index contributed by atoms with van der Waals surface area (Å²) >= 11 is 1.82. The Morgan fingerprint density at radius 2 is 1.61 bits per heavy atom. The van der Waals surface area contributed by atoms with E-state index in [1.807, 2.05) is 11.8 Å². The summed E-state index contributed by atoms with van der Waals surface area (Å²) in [4.78, 5) is 41.0. The lowest BCUT2D eigenvalue weighted by Crippen LogP contribution is -2.48. The van der Waals surface area contributed by atoms with Crippen LogP contribution in [0.1, 0.15) is 52.9 Å². The monoisotopic (exact) mass is 459 g/mol. The van der Waals surface area contributed by atoms with Gasteiger partial charge in [-0.25, -0.2) is 4.79 Å². The van der Waals surface area contributed by atoms with Crippen LogP contribution in [-0.2, 0) is 14.3 Å². The summed E-state index contributed by atoms with van der Waals surface area (Å²) in [5.74, 6) is -0.242. The molecule has 0 heterocycles. The van der Waals surface area contributed by atoms with Crippen molar-refractivity contribution < 1.29 is 24.2 Å². The molecule has 0 aliphatic carbocycles. The Hall–Kier alpha value is -1.90. The normalized spacial score (nSPS) is 12.1. The van der Waals surface area contributed by atoms with Crippen LogP contribution in [0.2, 0.25) is 0 Å². The van der Waals surface area contributed by atoms with Crippen molar-refractivity contribution in [2.24, 2.45) is 0 Å². The SMILES string of the molecule is C=C(CCCCCSC)N(C)[C@@H](CC(=O)O)C(=O)N(C)CCN(C)C(=O)OC(C)(C)C. The van der Waals surface area contributed by atoms with Crippen molar-refractivity contribution in [1.29, 1.82) is 0 Å². The first-order valence-electron chi connectivity index (χ1n) is 10.6. The lowest BCUT2D eigenvalue weighted by atomic mass is 10.1. The highest BCUT2D eigenvalue weighted by Crippen LogP contribution is 2.18. The number of rotatable bonds is 14. The van der Waals surface area contributed by atoms with Crippen LogP contribution in [-0.4, -0.2) is 95.7 Å². The van der Waals surface area contributed by atoms with Gasteiger partial charge in [0.15, 0.2) is 0 Å². The Labute approximate surface area is 192 Å². The van der Waals surface area contributed by atoms with Gasteiger partial charge in [0.25, 0.3) is 0 Å². The third-order valence-electron chi connectivity index (χ3n) is 4.79. The van der Waals surface area contributed by atoms with Gasteiger partial charge in [0.05, 0.1) is 6.42 Å². The summed E-state index contributed by atoms with van der Waals surface area (Å²) in [5, 5.41) is 9.32. The molecule has 0 aromatic rings. The van der Waals surface area contributed by atoms with Crippen LogP contribution in [0.4, 0.5) is 4.79 Å². The van der Waals surface area contributed by atoms with Gasteiger partial charge in [-0.2, -0.15) is 11.8 Å². The van der Waals surface area contributed by atoms with E-state index in [-0.39, 0.29) is 25.4 Å². The molecule has 0 radical (unpaired) electrons. The smallest absolute Gasteiger partial charge is 0.410 e. The molecule has 0 saturated heterocycles. The number of likely N-dealkylation sites (N-methyl/N-ethyl adjacent to an activating group) is 3. The number of amides is 2. The summed E-state index contributed by atoms with van der Waals surface area (Å²) in [6.07, 6.45) is 5.17. The molecule has 1 N–H and O–H groups in total. The standard InChI is InChI=1S/C22H41N3O5S/c1-17(12-10-9-11-15-31-8)25(7)18(16-19(26)27)20(28)23(5)13-14-24(6)21(29)30-22(2,3)4/h18H,1,9-16H2,2-8H3,(H,26,27)/t18-/m0/s1. The van der Waals surface area contributed by atoms with Crippen molar-refractivity contribution in [2.75, 3.05) is 46.2 Å². The first-order chi connectivity index (χ1) is 14.3. The van der Waals surface area contributed by atoms with Crippen LogP contribution in [0.3, 0.4) is 0 Å². The first-order valence-corrected chi connectivity index (χ1v) is 12.0. The Bertz CT molecular complexity index is 606. The minimum atomic E-state index is -1.04. The predicted molar refractivity (Wildman–Crippen MR) is 126 cm³/mol. The quantitative estimate of drug-likeness (QED) is 0.397. The molecule has 1 atom stereocenters. The number of hydrogen-bond acceptors (Lipinski definition) is 6. The molecule has 0 aliphatic heterocycles. The number of allylic oxidation sites excluding steroid dienone is 1. The topological polar surface area (TPSA) is 90.4 Å². The number of hydrogen-bond donors (Lipinski definition) is 1. The van der Waals surface area contributed by atoms with E-state index in [1.165, 1.54) is 9.80 Å². The second-order valence-electron chi connectivity index (χ2n) is 8.76. The number of carboxylic acids is 1. The number of carbonyl (C=O) groups is 3. The maximum atomic E-state index is 13.0. The van der Waals surface area contributed by atoms with Crippen molar-refractivity contribution in [2.45, 2.75) is 64.5 Å². The van der Waals surface area contributed by atoms with E-state index in [2.05, 4.69) is 12.8 Å². The largest absolute Gasteiger partial charge is 0.481 e. The number of unbranched alkanes of at least 4 members (excludes halogenated alkanes) is 2. The predicted octanol–water partition coefficient (Wildman–Crippen LogP) is 3.52. The first kappa shape index (κ1) is 29.1. The molecule has 0 unspecified atom stereocenters. The fourth-order valence-electron chi connectivity index (χ4n) is 2.80. The van der Waals surface area contributed by atoms with Crippen molar-refractivity contribution in [3.63, 3.8) is 0 Å². The van der Waals surface area contributed by atoms with Gasteiger partial charge in [-0.3, -0.25) is 9.59 Å². The van der Waals surface area contributed by atoms with Crippen LogP contribution in [0.5, 0.6) is 0 Å². The van der Waals surface area contributed by atoms with Gasteiger partial charge < -0.3 is 24.5 Å². The number of carbonyl (C=O) groups excluding carboxylic acids is 2. The number of thioether (sulfide) groups is 1. The number of ether oxygens (including phenoxy) is 1. The van der Waals surface area contributed by atoms with Gasteiger partial charge >= 0.3 is 12.1 Å². The van der Waals surface area contributed by atoms with E-state index >= 15 is 0 Å². The molecule has 0 rings (SSSR count). The lowest BCUT2D eigenvalue weighted by molar-refractivity contribution is -0.144. The second-order valence-corrected chi connectivity index (χ2v) is 9.74. The summed E-state index contributed by atoms with van der Waals surface area (Å²) in [6, 6.07) is -0.840. The highest BCUT2D eigenvalue weighted by Gasteiger charge is 2.29. The number of nitrogens with zero attached hydrogens (tertiary/aromatic N) is 3. The zero-order valence-electron chi connectivity index (χ0n) is 20.3. The fourth-order valence-corrected chi connectivity index (χ4v) is 3.29. The number of aliphatic carboxylic acids is 1. The molecule has 2 amide bonds. The maximum Gasteiger partial charge on any atom is 0.410 e. The van der Waals surface area contributed by atoms with Crippen LogP contribution < -0.4 is 0 Å². The van der Waals surface area contributed by atoms with Gasteiger partial charge in [-0.05, 0) is 52.0 Å². The van der Waals surface area contributed by atoms with Gasteiger partial charge in [-0.15, -0.1) is 0 Å². The van der Waals surface area contributed by atoms with Crippen molar-refractivity contribution in [1.82, 2.24) is 14.7 Å². The lowest BCUT2D eigenvalue weighted by Gasteiger charge is -2.33. The number of carboxylic acid groups (broad SMARTS) is 1. The van der Waals surface area contributed by atoms with E-state index < -0.39 is 23.7 Å². The minimum Gasteiger partial charge on any atom is -0.481 e. The van der Waals surface area contributed by atoms with E-state index in [0.717, 1.165) is 37.1 Å². The van der Waals surface area contributed by atoms with Crippen molar-refractivity contribution in [3.05, 3.63) is 12.3 Å². The summed E-state index contributed by atoms with van der Waals surface area (Å²) < 4.78 is 5.31. The molecular weight excluding hydrogens is 418 g/mol. The van der Waals surface area contributed by atoms with E-state index in [0.29, 0.717) is 0 Å². The minimum absolute atomic E-state index is 0.264. The molecule has 31 heavy (non-hydrogen) atoms. The van der Waals surface area contributed by atoms with Crippen molar-refractivity contribution in [3.8, 4) is 0 Å². The van der Waals surface area contributed by atoms with Gasteiger partial charge in [0.1, 0.15) is 11.6 Å². The molecule has 0 spiro atoms. The van der Waals surface area contributed by atoms with Crippen LogP contribution in [0.15, 0.2) is 12.3 Å². The van der Waals surface area contributed by atoms with Gasteiger partial charge in [-0.1, -0.05) is 13.0 Å². The summed E-state index contributed by atoms with van der Waals surface area (Å²) in [6.45, 7) is 9.96. The van der Waals surface area contributed by atoms with E-state index in [4.69, 9.17) is 4.74 Å². The Morgan fingerprint density at radius 3 is 2.13 bits per heavy atom. The Morgan fingerprint density at radius 1 is 1.03 bits per heavy atom. The van der Waals surface area contributed by atoms with Gasteiger partial charge in [0.2, 0.25) is 5.91 Å². The Balaban J connectivity index is 4.89. The maximum absolute atomic E-state index is 13.0. The van der Waals surface area contributed by atoms with Crippen LogP contribution in [0, 0.1) is 0 Å². The molecule has 0 aromatic carbocycles. The van der Waals surface area contributed by atoms with Crippen LogP contribution >= 0.6 is 11.8 Å². The summed E-state index contributed by atoms with van der Waals surface area (Å²) in [5.41, 5.74) is 0.154. The van der Waals surface area contributed by atoms with Crippen molar-refractivity contribution >= 4 is 29.7 Å². The van der Waals surface area contributed by atoms with E-state index in [1.54, 1.807) is 46.8 Å². The average molecular weight is 460 g/mol.